The monoisotopic (exact) mass is 294 g/mol. The van der Waals surface area contributed by atoms with E-state index in [0.717, 1.165) is 5.56 Å². The van der Waals surface area contributed by atoms with E-state index in [9.17, 15) is 14.4 Å². The Kier molecular flexibility index (Phi) is 6.35. The van der Waals surface area contributed by atoms with Crippen molar-refractivity contribution in [3.63, 3.8) is 0 Å². The van der Waals surface area contributed by atoms with Crippen LogP contribution in [0.2, 0.25) is 0 Å². The van der Waals surface area contributed by atoms with Gasteiger partial charge in [0.15, 0.2) is 0 Å². The van der Waals surface area contributed by atoms with E-state index in [1.165, 1.54) is 0 Å². The molecule has 7 nitrogen and oxygen atoms in total. The maximum Gasteiger partial charge on any atom is 0.326 e. The summed E-state index contributed by atoms with van der Waals surface area (Å²) in [6.07, 6.45) is 1.15. The van der Waals surface area contributed by atoms with Gasteiger partial charge in [0, 0.05) is 6.42 Å². The summed E-state index contributed by atoms with van der Waals surface area (Å²) >= 11 is 0. The van der Waals surface area contributed by atoms with Gasteiger partial charge in [-0.3, -0.25) is 9.59 Å². The van der Waals surface area contributed by atoms with E-state index in [4.69, 9.17) is 15.9 Å². The number of benzene rings is 1. The van der Waals surface area contributed by atoms with Crippen LogP contribution in [0.5, 0.6) is 0 Å². The van der Waals surface area contributed by atoms with E-state index < -0.39 is 24.0 Å². The van der Waals surface area contributed by atoms with Crippen molar-refractivity contribution in [2.24, 2.45) is 5.73 Å². The Bertz CT molecular complexity index is 503. The molecule has 0 saturated carbocycles. The molecule has 0 spiro atoms. The largest absolute Gasteiger partial charge is 0.480 e. The minimum Gasteiger partial charge on any atom is -0.480 e. The molecule has 1 unspecified atom stereocenters. The number of amides is 1. The van der Waals surface area contributed by atoms with Crippen molar-refractivity contribution < 1.29 is 24.6 Å². The standard InChI is InChI=1S/C9H11NO2.C5H7NO3/c10-8(9(11)12)6-7-4-2-1-3-5-7;7-4-2-1-3(6-4)5(8)9/h1-5,8H,6,10H2,(H,11,12);3H,1-2H2,(H,6,7)(H,8,9)/t;3-/m.0/s1. The number of carbonyl (C=O) groups excluding carboxylic acids is 1. The molecule has 1 heterocycles. The number of nitrogens with two attached hydrogens (primary N) is 1. The summed E-state index contributed by atoms with van der Waals surface area (Å²) < 4.78 is 0. The Morgan fingerprint density at radius 2 is 1.90 bits per heavy atom. The summed E-state index contributed by atoms with van der Waals surface area (Å²) in [4.78, 5) is 30.9. The zero-order valence-corrected chi connectivity index (χ0v) is 11.4. The maximum atomic E-state index is 10.4. The van der Waals surface area contributed by atoms with E-state index in [1.54, 1.807) is 0 Å². The number of carboxylic acid groups (broad SMARTS) is 2. The lowest BCUT2D eigenvalue weighted by Gasteiger charge is -2.04. The van der Waals surface area contributed by atoms with Gasteiger partial charge in [0.1, 0.15) is 12.1 Å². The van der Waals surface area contributed by atoms with E-state index in [0.29, 0.717) is 19.3 Å². The topological polar surface area (TPSA) is 130 Å². The van der Waals surface area contributed by atoms with Crippen LogP contribution >= 0.6 is 0 Å². The van der Waals surface area contributed by atoms with Gasteiger partial charge in [-0.15, -0.1) is 0 Å². The molecule has 1 fully saturated rings. The molecule has 0 radical (unpaired) electrons. The third kappa shape index (κ3) is 6.05. The van der Waals surface area contributed by atoms with Gasteiger partial charge in [0.05, 0.1) is 0 Å². The minimum atomic E-state index is -0.959. The van der Waals surface area contributed by atoms with Crippen LogP contribution in [-0.2, 0) is 20.8 Å². The summed E-state index contributed by atoms with van der Waals surface area (Å²) in [6.45, 7) is 0. The Morgan fingerprint density at radius 1 is 1.29 bits per heavy atom. The van der Waals surface area contributed by atoms with E-state index in [2.05, 4.69) is 5.32 Å². The van der Waals surface area contributed by atoms with Gasteiger partial charge in [-0.1, -0.05) is 30.3 Å². The summed E-state index contributed by atoms with van der Waals surface area (Å²) in [6, 6.07) is 7.90. The zero-order valence-electron chi connectivity index (χ0n) is 11.4. The van der Waals surface area contributed by atoms with Crippen LogP contribution in [0.1, 0.15) is 18.4 Å². The first kappa shape index (κ1) is 16.6. The number of carboxylic acids is 2. The van der Waals surface area contributed by atoms with Gasteiger partial charge in [0.2, 0.25) is 5.91 Å². The maximum absolute atomic E-state index is 10.4. The SMILES string of the molecule is NC(Cc1ccccc1)C(=O)O.O=C1CC[C@@H](C(=O)O)N1. The predicted molar refractivity (Wildman–Crippen MR) is 74.6 cm³/mol. The van der Waals surface area contributed by atoms with Gasteiger partial charge in [0.25, 0.3) is 0 Å². The highest BCUT2D eigenvalue weighted by Crippen LogP contribution is 2.05. The molecule has 114 valence electrons. The van der Waals surface area contributed by atoms with Crippen molar-refractivity contribution in [2.45, 2.75) is 31.3 Å². The highest BCUT2D eigenvalue weighted by molar-refractivity contribution is 5.87. The molecule has 2 rings (SSSR count). The first-order valence-corrected chi connectivity index (χ1v) is 6.44. The van der Waals surface area contributed by atoms with Gasteiger partial charge in [-0.2, -0.15) is 0 Å². The second-order valence-corrected chi connectivity index (χ2v) is 4.63. The molecule has 2 atom stereocenters. The van der Waals surface area contributed by atoms with Gasteiger partial charge < -0.3 is 21.3 Å². The molecule has 1 aliphatic rings. The number of hydrogen-bond acceptors (Lipinski definition) is 4. The first-order chi connectivity index (χ1) is 9.90. The number of nitrogens with one attached hydrogen (secondary N) is 1. The third-order valence-electron chi connectivity index (χ3n) is 2.91. The number of rotatable bonds is 4. The normalized spacial score (nSPS) is 18.1. The lowest BCUT2D eigenvalue weighted by molar-refractivity contribution is -0.140. The minimum absolute atomic E-state index is 0.164. The fourth-order valence-corrected chi connectivity index (χ4v) is 1.75. The van der Waals surface area contributed by atoms with Crippen LogP contribution in [0, 0.1) is 0 Å². The predicted octanol–water partition coefficient (Wildman–Crippen LogP) is -0.00940. The average Bonchev–Trinajstić information content (AvgIpc) is 2.87. The van der Waals surface area contributed by atoms with Crippen molar-refractivity contribution in [3.05, 3.63) is 35.9 Å². The van der Waals surface area contributed by atoms with E-state index >= 15 is 0 Å². The molecular weight excluding hydrogens is 276 g/mol. The Balaban J connectivity index is 0.000000219. The van der Waals surface area contributed by atoms with Crippen LogP contribution in [0.3, 0.4) is 0 Å². The number of aliphatic carboxylic acids is 2. The number of carbonyl (C=O) groups is 3. The molecular formula is C14H18N2O5. The quantitative estimate of drug-likeness (QED) is 0.618. The van der Waals surface area contributed by atoms with Crippen LogP contribution in [0.25, 0.3) is 0 Å². The third-order valence-corrected chi connectivity index (χ3v) is 2.91. The lowest BCUT2D eigenvalue weighted by Crippen LogP contribution is -2.32. The van der Waals surface area contributed by atoms with Gasteiger partial charge in [-0.05, 0) is 18.4 Å². The first-order valence-electron chi connectivity index (χ1n) is 6.44. The lowest BCUT2D eigenvalue weighted by atomic mass is 10.1. The molecule has 1 aliphatic heterocycles. The highest BCUT2D eigenvalue weighted by Gasteiger charge is 2.26. The highest BCUT2D eigenvalue weighted by atomic mass is 16.4. The zero-order chi connectivity index (χ0) is 15.8. The molecule has 0 aliphatic carbocycles. The van der Waals surface area contributed by atoms with E-state index in [-0.39, 0.29) is 5.91 Å². The van der Waals surface area contributed by atoms with Crippen LogP contribution in [-0.4, -0.2) is 40.1 Å². The van der Waals surface area contributed by atoms with Crippen LogP contribution < -0.4 is 11.1 Å². The second-order valence-electron chi connectivity index (χ2n) is 4.63. The van der Waals surface area contributed by atoms with Crippen molar-refractivity contribution >= 4 is 17.8 Å². The smallest absolute Gasteiger partial charge is 0.326 e. The summed E-state index contributed by atoms with van der Waals surface area (Å²) in [5.41, 5.74) is 6.30. The van der Waals surface area contributed by atoms with Crippen LogP contribution in [0.15, 0.2) is 30.3 Å². The molecule has 1 aromatic rings. The Hall–Kier alpha value is -2.41. The molecule has 21 heavy (non-hydrogen) atoms. The molecule has 0 aromatic heterocycles. The number of hydrogen-bond donors (Lipinski definition) is 4. The van der Waals surface area contributed by atoms with Crippen molar-refractivity contribution in [1.29, 1.82) is 0 Å². The van der Waals surface area contributed by atoms with Crippen molar-refractivity contribution in [1.82, 2.24) is 5.32 Å². The molecule has 0 bridgehead atoms. The van der Waals surface area contributed by atoms with E-state index in [1.807, 2.05) is 30.3 Å². The molecule has 1 saturated heterocycles. The Labute approximate surface area is 121 Å². The fraction of sp³-hybridized carbons (Fsp3) is 0.357. The average molecular weight is 294 g/mol. The van der Waals surface area contributed by atoms with Crippen molar-refractivity contribution in [3.8, 4) is 0 Å². The van der Waals surface area contributed by atoms with Crippen molar-refractivity contribution in [2.75, 3.05) is 0 Å². The molecule has 7 heteroatoms. The van der Waals surface area contributed by atoms with Gasteiger partial charge >= 0.3 is 11.9 Å². The summed E-state index contributed by atoms with van der Waals surface area (Å²) in [5.74, 6) is -2.07. The molecule has 5 N–H and O–H groups in total. The summed E-state index contributed by atoms with van der Waals surface area (Å²) in [7, 11) is 0. The molecule has 1 aromatic carbocycles. The summed E-state index contributed by atoms with van der Waals surface area (Å²) in [5, 5.41) is 19.1. The fourth-order valence-electron chi connectivity index (χ4n) is 1.75. The molecule has 1 amide bonds. The van der Waals surface area contributed by atoms with Crippen LogP contribution in [0.4, 0.5) is 0 Å². The van der Waals surface area contributed by atoms with Gasteiger partial charge in [-0.25, -0.2) is 4.79 Å². The second kappa shape index (κ2) is 8.01. The Morgan fingerprint density at radius 3 is 2.29 bits per heavy atom.